The lowest BCUT2D eigenvalue weighted by molar-refractivity contribution is -0.116. The number of benzene rings is 2. The van der Waals surface area contributed by atoms with Gasteiger partial charge in [-0.2, -0.15) is 0 Å². The molecule has 0 bridgehead atoms. The molecule has 5 heteroatoms. The minimum Gasteiger partial charge on any atom is -0.495 e. The molecule has 1 heterocycles. The molecule has 3 rings (SSSR count). The molecule has 0 radical (unpaired) electrons. The second kappa shape index (κ2) is 7.17. The Labute approximate surface area is 141 Å². The minimum atomic E-state index is -0.0972. The van der Waals surface area contributed by atoms with Gasteiger partial charge in [-0.1, -0.05) is 31.2 Å². The van der Waals surface area contributed by atoms with Crippen LogP contribution in [0.25, 0.3) is 11.0 Å². The number of amides is 1. The lowest BCUT2D eigenvalue weighted by Crippen LogP contribution is -2.20. The van der Waals surface area contributed by atoms with Crippen LogP contribution in [0, 0.1) is 0 Å². The van der Waals surface area contributed by atoms with Crippen molar-refractivity contribution < 1.29 is 9.53 Å². The van der Waals surface area contributed by atoms with Crippen molar-refractivity contribution in [3.8, 4) is 5.75 Å². The Morgan fingerprint density at radius 1 is 1.17 bits per heavy atom. The summed E-state index contributed by atoms with van der Waals surface area (Å²) in [6, 6.07) is 15.3. The first-order chi connectivity index (χ1) is 11.7. The number of imidazole rings is 1. The van der Waals surface area contributed by atoms with Gasteiger partial charge in [0, 0.05) is 6.42 Å². The lowest BCUT2D eigenvalue weighted by atomic mass is 10.3. The minimum absolute atomic E-state index is 0.0972. The molecule has 1 aromatic heterocycles. The van der Waals surface area contributed by atoms with E-state index >= 15 is 0 Å². The molecular weight excluding hydrogens is 302 g/mol. The second-order valence-corrected chi connectivity index (χ2v) is 5.60. The van der Waals surface area contributed by atoms with E-state index in [4.69, 9.17) is 4.74 Å². The van der Waals surface area contributed by atoms with E-state index in [0.717, 1.165) is 29.7 Å². The number of aryl methyl sites for hydroxylation is 1. The van der Waals surface area contributed by atoms with E-state index in [-0.39, 0.29) is 12.5 Å². The van der Waals surface area contributed by atoms with Crippen LogP contribution in [-0.4, -0.2) is 22.6 Å². The summed E-state index contributed by atoms with van der Waals surface area (Å²) in [5.74, 6) is 1.49. The molecule has 0 aliphatic rings. The van der Waals surface area contributed by atoms with Gasteiger partial charge in [-0.05, 0) is 30.7 Å². The summed E-state index contributed by atoms with van der Waals surface area (Å²) in [4.78, 5) is 17.2. The molecule has 0 unspecified atom stereocenters. The average Bonchev–Trinajstić information content (AvgIpc) is 2.93. The van der Waals surface area contributed by atoms with Crippen LogP contribution in [0.3, 0.4) is 0 Å². The Bertz CT molecular complexity index is 855. The van der Waals surface area contributed by atoms with Gasteiger partial charge in [-0.3, -0.25) is 4.79 Å². The van der Waals surface area contributed by atoms with Gasteiger partial charge in [0.25, 0.3) is 0 Å². The lowest BCUT2D eigenvalue weighted by Gasteiger charge is -2.12. The van der Waals surface area contributed by atoms with E-state index in [1.165, 1.54) is 0 Å². The summed E-state index contributed by atoms with van der Waals surface area (Å²) in [6.07, 6.45) is 1.83. The number of carbonyl (C=O) groups excluding carboxylic acids is 1. The molecule has 24 heavy (non-hydrogen) atoms. The monoisotopic (exact) mass is 323 g/mol. The number of carbonyl (C=O) groups is 1. The zero-order valence-corrected chi connectivity index (χ0v) is 14.0. The van der Waals surface area contributed by atoms with Crippen molar-refractivity contribution in [1.29, 1.82) is 0 Å². The van der Waals surface area contributed by atoms with E-state index in [2.05, 4.69) is 17.2 Å². The number of hydrogen-bond donors (Lipinski definition) is 1. The fourth-order valence-corrected chi connectivity index (χ4v) is 2.80. The van der Waals surface area contributed by atoms with Gasteiger partial charge in [0.05, 0.1) is 23.8 Å². The van der Waals surface area contributed by atoms with Crippen molar-refractivity contribution in [3.63, 3.8) is 0 Å². The maximum absolute atomic E-state index is 12.5. The molecule has 0 saturated heterocycles. The van der Waals surface area contributed by atoms with Crippen LogP contribution in [0.5, 0.6) is 5.75 Å². The molecule has 0 fully saturated rings. The van der Waals surface area contributed by atoms with Crippen molar-refractivity contribution in [1.82, 2.24) is 9.55 Å². The van der Waals surface area contributed by atoms with Crippen LogP contribution in [0.1, 0.15) is 19.2 Å². The summed E-state index contributed by atoms with van der Waals surface area (Å²) < 4.78 is 7.27. The Balaban J connectivity index is 1.86. The molecule has 1 N–H and O–H groups in total. The molecule has 124 valence electrons. The van der Waals surface area contributed by atoms with Crippen LogP contribution in [0.15, 0.2) is 48.5 Å². The molecule has 0 aliphatic heterocycles. The largest absolute Gasteiger partial charge is 0.495 e. The first-order valence-electron chi connectivity index (χ1n) is 8.10. The smallest absolute Gasteiger partial charge is 0.244 e. The normalized spacial score (nSPS) is 10.8. The number of nitrogens with one attached hydrogen (secondary N) is 1. The highest BCUT2D eigenvalue weighted by Gasteiger charge is 2.14. The number of para-hydroxylation sites is 4. The third-order valence-corrected chi connectivity index (χ3v) is 3.89. The van der Waals surface area contributed by atoms with Gasteiger partial charge in [0.2, 0.25) is 5.91 Å². The fraction of sp³-hybridized carbons (Fsp3) is 0.263. The molecular formula is C19H21N3O2. The number of hydrogen-bond acceptors (Lipinski definition) is 3. The van der Waals surface area contributed by atoms with Crippen molar-refractivity contribution in [2.45, 2.75) is 26.3 Å². The third-order valence-electron chi connectivity index (χ3n) is 3.89. The van der Waals surface area contributed by atoms with Gasteiger partial charge in [-0.15, -0.1) is 0 Å². The zero-order valence-electron chi connectivity index (χ0n) is 14.0. The van der Waals surface area contributed by atoms with Gasteiger partial charge in [0.15, 0.2) is 0 Å². The first kappa shape index (κ1) is 16.1. The third kappa shape index (κ3) is 3.25. The van der Waals surface area contributed by atoms with Crippen molar-refractivity contribution >= 4 is 22.6 Å². The summed E-state index contributed by atoms with van der Waals surface area (Å²) in [5, 5.41) is 2.92. The van der Waals surface area contributed by atoms with E-state index in [1.807, 2.05) is 53.1 Å². The summed E-state index contributed by atoms with van der Waals surface area (Å²) in [6.45, 7) is 2.34. The van der Waals surface area contributed by atoms with Gasteiger partial charge >= 0.3 is 0 Å². The van der Waals surface area contributed by atoms with Crippen molar-refractivity contribution in [2.24, 2.45) is 0 Å². The zero-order chi connectivity index (χ0) is 16.9. The summed E-state index contributed by atoms with van der Waals surface area (Å²) >= 11 is 0. The molecule has 2 aromatic carbocycles. The number of fused-ring (bicyclic) bond motifs is 1. The van der Waals surface area contributed by atoms with Crippen LogP contribution < -0.4 is 10.1 Å². The Kier molecular flexibility index (Phi) is 4.79. The Hall–Kier alpha value is -2.82. The summed E-state index contributed by atoms with van der Waals surface area (Å²) in [5.41, 5.74) is 2.58. The molecule has 0 saturated carbocycles. The molecule has 1 amide bonds. The number of nitrogens with zero attached hydrogens (tertiary/aromatic N) is 2. The van der Waals surface area contributed by atoms with Gasteiger partial charge < -0.3 is 14.6 Å². The maximum atomic E-state index is 12.5. The highest BCUT2D eigenvalue weighted by atomic mass is 16.5. The number of methoxy groups -OCH3 is 1. The van der Waals surface area contributed by atoms with Crippen LogP contribution in [-0.2, 0) is 17.8 Å². The van der Waals surface area contributed by atoms with Crippen LogP contribution in [0.2, 0.25) is 0 Å². The number of aromatic nitrogens is 2. The Morgan fingerprint density at radius 3 is 2.71 bits per heavy atom. The standard InChI is InChI=1S/C19H21N3O2/c1-3-8-18-20-14-9-4-6-11-16(14)22(18)13-19(23)21-15-10-5-7-12-17(15)24-2/h4-7,9-12H,3,8,13H2,1-2H3,(H,21,23). The fourth-order valence-electron chi connectivity index (χ4n) is 2.80. The number of anilines is 1. The van der Waals surface area contributed by atoms with E-state index in [9.17, 15) is 4.79 Å². The van der Waals surface area contributed by atoms with Crippen LogP contribution >= 0.6 is 0 Å². The highest BCUT2D eigenvalue weighted by molar-refractivity contribution is 5.93. The SMILES string of the molecule is CCCc1nc2ccccc2n1CC(=O)Nc1ccccc1OC. The van der Waals surface area contributed by atoms with E-state index < -0.39 is 0 Å². The topological polar surface area (TPSA) is 56.2 Å². The molecule has 0 spiro atoms. The predicted molar refractivity (Wildman–Crippen MR) is 95.4 cm³/mol. The molecule has 5 nitrogen and oxygen atoms in total. The molecule has 3 aromatic rings. The van der Waals surface area contributed by atoms with Gasteiger partial charge in [0.1, 0.15) is 18.1 Å². The van der Waals surface area contributed by atoms with Crippen molar-refractivity contribution in [2.75, 3.05) is 12.4 Å². The second-order valence-electron chi connectivity index (χ2n) is 5.60. The van der Waals surface area contributed by atoms with Gasteiger partial charge in [-0.25, -0.2) is 4.98 Å². The quantitative estimate of drug-likeness (QED) is 0.753. The maximum Gasteiger partial charge on any atom is 0.244 e. The number of ether oxygens (including phenoxy) is 1. The van der Waals surface area contributed by atoms with Crippen molar-refractivity contribution in [3.05, 3.63) is 54.4 Å². The predicted octanol–water partition coefficient (Wildman–Crippen LogP) is 3.64. The van der Waals surface area contributed by atoms with E-state index in [0.29, 0.717) is 11.4 Å². The number of rotatable bonds is 6. The molecule has 0 atom stereocenters. The average molecular weight is 323 g/mol. The molecule has 0 aliphatic carbocycles. The first-order valence-corrected chi connectivity index (χ1v) is 8.10. The summed E-state index contributed by atoms with van der Waals surface area (Å²) in [7, 11) is 1.59. The highest BCUT2D eigenvalue weighted by Crippen LogP contribution is 2.23. The Morgan fingerprint density at radius 2 is 1.92 bits per heavy atom. The van der Waals surface area contributed by atoms with E-state index in [1.54, 1.807) is 7.11 Å². The van der Waals surface area contributed by atoms with Crippen LogP contribution in [0.4, 0.5) is 5.69 Å².